The van der Waals surface area contributed by atoms with Crippen molar-refractivity contribution in [3.63, 3.8) is 0 Å². The van der Waals surface area contributed by atoms with Gasteiger partial charge in [0.05, 0.1) is 7.11 Å². The molecule has 0 amide bonds. The van der Waals surface area contributed by atoms with Crippen LogP contribution in [-0.4, -0.2) is 7.11 Å². The van der Waals surface area contributed by atoms with E-state index < -0.39 is 0 Å². The molecule has 1 aliphatic carbocycles. The van der Waals surface area contributed by atoms with Crippen molar-refractivity contribution >= 4 is 0 Å². The number of ether oxygens (including phenoxy) is 1. The van der Waals surface area contributed by atoms with Gasteiger partial charge in [0.1, 0.15) is 5.75 Å². The standard InChI is InChI=1S/C15H21NO/c1-17-13-7-8-14-12(9-13)10-16-15(14)11-5-3-2-4-6-11/h7-9,11,15-16H,2-6,10H2,1H3. The Labute approximate surface area is 103 Å². The Hall–Kier alpha value is -1.02. The van der Waals surface area contributed by atoms with Crippen molar-refractivity contribution in [2.45, 2.75) is 44.7 Å². The molecule has 2 heteroatoms. The summed E-state index contributed by atoms with van der Waals surface area (Å²) in [5.41, 5.74) is 2.94. The monoisotopic (exact) mass is 231 g/mol. The van der Waals surface area contributed by atoms with Gasteiger partial charge in [-0.05, 0) is 42.0 Å². The lowest BCUT2D eigenvalue weighted by atomic mass is 9.81. The molecule has 0 radical (unpaired) electrons. The van der Waals surface area contributed by atoms with Crippen LogP contribution in [0.5, 0.6) is 5.75 Å². The Bertz CT molecular complexity index is 396. The maximum atomic E-state index is 5.29. The third-order valence-electron chi connectivity index (χ3n) is 4.32. The number of nitrogens with one attached hydrogen (secondary N) is 1. The Morgan fingerprint density at radius 2 is 2.00 bits per heavy atom. The van der Waals surface area contributed by atoms with E-state index in [1.165, 1.54) is 43.2 Å². The summed E-state index contributed by atoms with van der Waals surface area (Å²) >= 11 is 0. The number of benzene rings is 1. The average molecular weight is 231 g/mol. The quantitative estimate of drug-likeness (QED) is 0.842. The summed E-state index contributed by atoms with van der Waals surface area (Å²) in [7, 11) is 1.74. The number of fused-ring (bicyclic) bond motifs is 1. The van der Waals surface area contributed by atoms with Gasteiger partial charge in [-0.3, -0.25) is 0 Å². The predicted molar refractivity (Wildman–Crippen MR) is 69.1 cm³/mol. The van der Waals surface area contributed by atoms with Crippen molar-refractivity contribution in [3.05, 3.63) is 29.3 Å². The Kier molecular flexibility index (Phi) is 3.06. The largest absolute Gasteiger partial charge is 0.497 e. The fourth-order valence-corrected chi connectivity index (χ4v) is 3.38. The van der Waals surface area contributed by atoms with Gasteiger partial charge in [-0.1, -0.05) is 25.3 Å². The highest BCUT2D eigenvalue weighted by Crippen LogP contribution is 2.39. The van der Waals surface area contributed by atoms with E-state index in [4.69, 9.17) is 4.74 Å². The Balaban J connectivity index is 1.82. The normalized spacial score (nSPS) is 24.6. The molecule has 1 unspecified atom stereocenters. The van der Waals surface area contributed by atoms with Crippen LogP contribution in [0.25, 0.3) is 0 Å². The van der Waals surface area contributed by atoms with Crippen LogP contribution in [0.4, 0.5) is 0 Å². The second-order valence-electron chi connectivity index (χ2n) is 5.32. The molecule has 17 heavy (non-hydrogen) atoms. The third kappa shape index (κ3) is 2.06. The molecule has 1 aromatic rings. The van der Waals surface area contributed by atoms with Crippen LogP contribution >= 0.6 is 0 Å². The molecule has 1 aliphatic heterocycles. The fraction of sp³-hybridized carbons (Fsp3) is 0.600. The molecular formula is C15H21NO. The van der Waals surface area contributed by atoms with Gasteiger partial charge in [0.15, 0.2) is 0 Å². The lowest BCUT2D eigenvalue weighted by Crippen LogP contribution is -2.23. The second-order valence-corrected chi connectivity index (χ2v) is 5.32. The highest BCUT2D eigenvalue weighted by Gasteiger charge is 2.30. The SMILES string of the molecule is COc1ccc2c(c1)CNC2C1CCCCC1. The minimum Gasteiger partial charge on any atom is -0.497 e. The molecule has 3 rings (SSSR count). The molecule has 0 spiro atoms. The number of methoxy groups -OCH3 is 1. The summed E-state index contributed by atoms with van der Waals surface area (Å²) in [6.07, 6.45) is 7.04. The summed E-state index contributed by atoms with van der Waals surface area (Å²) in [5, 5.41) is 3.69. The molecule has 1 aromatic carbocycles. The molecule has 0 bridgehead atoms. The van der Waals surface area contributed by atoms with Crippen LogP contribution in [0, 0.1) is 5.92 Å². The highest BCUT2D eigenvalue weighted by molar-refractivity contribution is 5.40. The van der Waals surface area contributed by atoms with E-state index in [-0.39, 0.29) is 0 Å². The van der Waals surface area contributed by atoms with Crippen molar-refractivity contribution in [2.75, 3.05) is 7.11 Å². The summed E-state index contributed by atoms with van der Waals surface area (Å²) in [6.45, 7) is 1.01. The Morgan fingerprint density at radius 3 is 2.76 bits per heavy atom. The first-order valence-corrected chi connectivity index (χ1v) is 6.78. The first-order valence-electron chi connectivity index (χ1n) is 6.78. The first kappa shape index (κ1) is 11.1. The zero-order valence-corrected chi connectivity index (χ0v) is 10.5. The molecule has 1 heterocycles. The zero-order valence-electron chi connectivity index (χ0n) is 10.5. The predicted octanol–water partition coefficient (Wildman–Crippen LogP) is 3.42. The van der Waals surface area contributed by atoms with E-state index >= 15 is 0 Å². The molecule has 1 N–H and O–H groups in total. The van der Waals surface area contributed by atoms with Crippen LogP contribution in [0.2, 0.25) is 0 Å². The minimum absolute atomic E-state index is 0.594. The Morgan fingerprint density at radius 1 is 1.18 bits per heavy atom. The van der Waals surface area contributed by atoms with Crippen molar-refractivity contribution < 1.29 is 4.74 Å². The van der Waals surface area contributed by atoms with Crippen LogP contribution in [-0.2, 0) is 6.54 Å². The smallest absolute Gasteiger partial charge is 0.119 e. The molecule has 0 saturated heterocycles. The van der Waals surface area contributed by atoms with Crippen molar-refractivity contribution in [1.29, 1.82) is 0 Å². The van der Waals surface area contributed by atoms with Gasteiger partial charge in [-0.15, -0.1) is 0 Å². The van der Waals surface area contributed by atoms with E-state index in [2.05, 4.69) is 23.5 Å². The summed E-state index contributed by atoms with van der Waals surface area (Å²) in [4.78, 5) is 0. The summed E-state index contributed by atoms with van der Waals surface area (Å²) < 4.78 is 5.29. The van der Waals surface area contributed by atoms with Gasteiger partial charge in [-0.2, -0.15) is 0 Å². The lowest BCUT2D eigenvalue weighted by molar-refractivity contribution is 0.282. The van der Waals surface area contributed by atoms with Gasteiger partial charge < -0.3 is 10.1 Å². The lowest BCUT2D eigenvalue weighted by Gasteiger charge is -2.28. The van der Waals surface area contributed by atoms with Crippen molar-refractivity contribution in [3.8, 4) is 5.75 Å². The number of rotatable bonds is 2. The van der Waals surface area contributed by atoms with E-state index in [1.807, 2.05) is 0 Å². The first-order chi connectivity index (χ1) is 8.38. The number of hydrogen-bond donors (Lipinski definition) is 1. The summed E-state index contributed by atoms with van der Waals surface area (Å²) in [5.74, 6) is 1.83. The van der Waals surface area contributed by atoms with Crippen molar-refractivity contribution in [2.24, 2.45) is 5.92 Å². The van der Waals surface area contributed by atoms with Crippen LogP contribution in [0.1, 0.15) is 49.3 Å². The van der Waals surface area contributed by atoms with Crippen LogP contribution in [0.3, 0.4) is 0 Å². The van der Waals surface area contributed by atoms with Crippen LogP contribution in [0.15, 0.2) is 18.2 Å². The maximum Gasteiger partial charge on any atom is 0.119 e. The fourth-order valence-electron chi connectivity index (χ4n) is 3.38. The molecule has 92 valence electrons. The second kappa shape index (κ2) is 4.69. The van der Waals surface area contributed by atoms with E-state index in [1.54, 1.807) is 7.11 Å². The molecule has 1 atom stereocenters. The zero-order chi connectivity index (χ0) is 11.7. The topological polar surface area (TPSA) is 21.3 Å². The van der Waals surface area contributed by atoms with Crippen molar-refractivity contribution in [1.82, 2.24) is 5.32 Å². The average Bonchev–Trinajstić information content (AvgIpc) is 2.82. The molecule has 1 saturated carbocycles. The third-order valence-corrected chi connectivity index (χ3v) is 4.32. The minimum atomic E-state index is 0.594. The molecule has 2 aliphatic rings. The van der Waals surface area contributed by atoms with Gasteiger partial charge in [-0.25, -0.2) is 0 Å². The molecule has 0 aromatic heterocycles. The van der Waals surface area contributed by atoms with E-state index in [0.29, 0.717) is 6.04 Å². The summed E-state index contributed by atoms with van der Waals surface area (Å²) in [6, 6.07) is 7.14. The molecular weight excluding hydrogens is 210 g/mol. The molecule has 2 nitrogen and oxygen atoms in total. The van der Waals surface area contributed by atoms with Gasteiger partial charge in [0, 0.05) is 12.6 Å². The van der Waals surface area contributed by atoms with E-state index in [9.17, 15) is 0 Å². The highest BCUT2D eigenvalue weighted by atomic mass is 16.5. The van der Waals surface area contributed by atoms with Gasteiger partial charge >= 0.3 is 0 Å². The van der Waals surface area contributed by atoms with E-state index in [0.717, 1.165) is 18.2 Å². The van der Waals surface area contributed by atoms with Gasteiger partial charge in [0.25, 0.3) is 0 Å². The molecule has 1 fully saturated rings. The number of hydrogen-bond acceptors (Lipinski definition) is 2. The van der Waals surface area contributed by atoms with Gasteiger partial charge in [0.2, 0.25) is 0 Å². The maximum absolute atomic E-state index is 5.29. The van der Waals surface area contributed by atoms with Crippen LogP contribution < -0.4 is 10.1 Å².